The quantitative estimate of drug-likeness (QED) is 0.764. The van der Waals surface area contributed by atoms with Crippen molar-refractivity contribution in [2.75, 3.05) is 26.1 Å². The Hall–Kier alpha value is -1.30. The van der Waals surface area contributed by atoms with Gasteiger partial charge in [0, 0.05) is 11.9 Å². The van der Waals surface area contributed by atoms with Gasteiger partial charge in [-0.25, -0.2) is 0 Å². The average molecular weight is 247 g/mol. The van der Waals surface area contributed by atoms with Crippen molar-refractivity contribution >= 4 is 17.5 Å². The Morgan fingerprint density at radius 1 is 1.19 bits per heavy atom. The Morgan fingerprint density at radius 2 is 1.75 bits per heavy atom. The van der Waals surface area contributed by atoms with Gasteiger partial charge >= 0.3 is 12.0 Å². The first-order chi connectivity index (χ1) is 7.65. The molecule has 6 nitrogen and oxygen atoms in total. The predicted octanol–water partition coefficient (Wildman–Crippen LogP) is 1.32. The smallest absolute Gasteiger partial charge is 0.324 e. The highest BCUT2D eigenvalue weighted by Crippen LogP contribution is 2.12. The van der Waals surface area contributed by atoms with Crippen LogP contribution in [0, 0.1) is 0 Å². The number of alkyl halides is 1. The maximum atomic E-state index is 5.82. The van der Waals surface area contributed by atoms with Gasteiger partial charge in [0.2, 0.25) is 5.95 Å². The number of ether oxygens (including phenoxy) is 2. The van der Waals surface area contributed by atoms with E-state index < -0.39 is 0 Å². The predicted molar refractivity (Wildman–Crippen MR) is 61.4 cm³/mol. The second kappa shape index (κ2) is 6.32. The molecule has 90 valence electrons. The van der Waals surface area contributed by atoms with Gasteiger partial charge in [0.1, 0.15) is 0 Å². The summed E-state index contributed by atoms with van der Waals surface area (Å²) in [5.74, 6) is 0.418. The molecule has 1 N–H and O–H groups in total. The second-order valence-electron chi connectivity index (χ2n) is 3.13. The van der Waals surface area contributed by atoms with Crippen LogP contribution in [0.4, 0.5) is 5.95 Å². The van der Waals surface area contributed by atoms with Crippen molar-refractivity contribution in [1.29, 1.82) is 0 Å². The molecule has 1 aromatic heterocycles. The summed E-state index contributed by atoms with van der Waals surface area (Å²) in [5, 5.41) is 3.13. The van der Waals surface area contributed by atoms with E-state index in [9.17, 15) is 0 Å². The lowest BCUT2D eigenvalue weighted by Crippen LogP contribution is -2.10. The number of hydrogen-bond acceptors (Lipinski definition) is 6. The minimum absolute atomic E-state index is 0.109. The van der Waals surface area contributed by atoms with Crippen LogP contribution in [-0.2, 0) is 0 Å². The number of hydrogen-bond donors (Lipinski definition) is 1. The molecule has 1 aromatic rings. The highest BCUT2D eigenvalue weighted by Gasteiger charge is 2.06. The zero-order valence-electron chi connectivity index (χ0n) is 9.53. The Balaban J connectivity index is 2.64. The molecule has 0 spiro atoms. The Kier molecular flexibility index (Phi) is 5.04. The minimum Gasteiger partial charge on any atom is -0.467 e. The third-order valence-electron chi connectivity index (χ3n) is 1.78. The van der Waals surface area contributed by atoms with Crippen LogP contribution < -0.4 is 14.8 Å². The number of anilines is 1. The van der Waals surface area contributed by atoms with Gasteiger partial charge in [-0.05, 0) is 13.3 Å². The summed E-state index contributed by atoms with van der Waals surface area (Å²) in [6.07, 6.45) is 0.817. The van der Waals surface area contributed by atoms with E-state index in [0.717, 1.165) is 6.42 Å². The third-order valence-corrected chi connectivity index (χ3v) is 2.00. The van der Waals surface area contributed by atoms with Crippen molar-refractivity contribution in [3.05, 3.63) is 0 Å². The second-order valence-corrected chi connectivity index (χ2v) is 3.87. The van der Waals surface area contributed by atoms with Gasteiger partial charge < -0.3 is 14.8 Å². The van der Waals surface area contributed by atoms with Crippen molar-refractivity contribution in [3.8, 4) is 12.0 Å². The van der Waals surface area contributed by atoms with Gasteiger partial charge in [0.25, 0.3) is 0 Å². The molecule has 7 heteroatoms. The van der Waals surface area contributed by atoms with Crippen LogP contribution in [0.3, 0.4) is 0 Å². The lowest BCUT2D eigenvalue weighted by molar-refractivity contribution is 0.341. The van der Waals surface area contributed by atoms with Crippen LogP contribution in [0.25, 0.3) is 0 Å². The number of rotatable bonds is 6. The fourth-order valence-electron chi connectivity index (χ4n) is 0.983. The molecule has 1 unspecified atom stereocenters. The van der Waals surface area contributed by atoms with E-state index in [2.05, 4.69) is 20.3 Å². The zero-order valence-corrected chi connectivity index (χ0v) is 10.3. The molecule has 1 rings (SSSR count). The molecule has 0 radical (unpaired) electrons. The zero-order chi connectivity index (χ0) is 12.0. The molecule has 0 aromatic carbocycles. The molecule has 0 aliphatic heterocycles. The number of nitrogens with one attached hydrogen (secondary N) is 1. The van der Waals surface area contributed by atoms with E-state index in [0.29, 0.717) is 12.5 Å². The fourth-order valence-corrected chi connectivity index (χ4v) is 1.09. The normalized spacial score (nSPS) is 12.0. The molecular formula is C9H15ClN4O2. The summed E-state index contributed by atoms with van der Waals surface area (Å²) in [6.45, 7) is 2.61. The van der Waals surface area contributed by atoms with Crippen LogP contribution in [0.5, 0.6) is 12.0 Å². The molecular weight excluding hydrogens is 232 g/mol. The first-order valence-corrected chi connectivity index (χ1v) is 5.31. The van der Waals surface area contributed by atoms with Crippen molar-refractivity contribution < 1.29 is 9.47 Å². The number of aromatic nitrogens is 3. The summed E-state index contributed by atoms with van der Waals surface area (Å²) in [7, 11) is 2.97. The van der Waals surface area contributed by atoms with Crippen LogP contribution in [0.1, 0.15) is 13.3 Å². The van der Waals surface area contributed by atoms with E-state index >= 15 is 0 Å². The third kappa shape index (κ3) is 4.06. The summed E-state index contributed by atoms with van der Waals surface area (Å²) >= 11 is 5.82. The maximum Gasteiger partial charge on any atom is 0.324 e. The van der Waals surface area contributed by atoms with Crippen molar-refractivity contribution in [3.63, 3.8) is 0 Å². The van der Waals surface area contributed by atoms with Crippen molar-refractivity contribution in [2.24, 2.45) is 0 Å². The lowest BCUT2D eigenvalue weighted by atomic mass is 10.3. The van der Waals surface area contributed by atoms with Crippen molar-refractivity contribution in [1.82, 2.24) is 15.0 Å². The molecule has 0 saturated carbocycles. The van der Waals surface area contributed by atoms with E-state index in [-0.39, 0.29) is 17.4 Å². The highest BCUT2D eigenvalue weighted by molar-refractivity contribution is 6.20. The van der Waals surface area contributed by atoms with Crippen LogP contribution in [0.15, 0.2) is 0 Å². The Morgan fingerprint density at radius 3 is 2.19 bits per heavy atom. The van der Waals surface area contributed by atoms with E-state index in [1.807, 2.05) is 6.92 Å². The van der Waals surface area contributed by atoms with Crippen molar-refractivity contribution in [2.45, 2.75) is 18.7 Å². The topological polar surface area (TPSA) is 69.2 Å². The molecule has 0 amide bonds. The van der Waals surface area contributed by atoms with Gasteiger partial charge in [-0.1, -0.05) is 0 Å². The number of halogens is 1. The molecule has 16 heavy (non-hydrogen) atoms. The molecule has 0 saturated heterocycles. The fraction of sp³-hybridized carbons (Fsp3) is 0.667. The van der Waals surface area contributed by atoms with Crippen LogP contribution >= 0.6 is 11.6 Å². The number of nitrogens with zero attached hydrogens (tertiary/aromatic N) is 3. The monoisotopic (exact) mass is 246 g/mol. The Labute approximate surface area is 99.4 Å². The number of methoxy groups -OCH3 is 2. The van der Waals surface area contributed by atoms with E-state index in [1.54, 1.807) is 0 Å². The highest BCUT2D eigenvalue weighted by atomic mass is 35.5. The molecule has 0 aliphatic rings. The molecule has 1 heterocycles. The average Bonchev–Trinajstić information content (AvgIpc) is 2.28. The van der Waals surface area contributed by atoms with Gasteiger partial charge in [0.05, 0.1) is 14.2 Å². The van der Waals surface area contributed by atoms with Gasteiger partial charge in [0.15, 0.2) is 0 Å². The van der Waals surface area contributed by atoms with Gasteiger partial charge in [-0.3, -0.25) is 0 Å². The first kappa shape index (κ1) is 12.8. The van der Waals surface area contributed by atoms with E-state index in [4.69, 9.17) is 21.1 Å². The molecule has 1 atom stereocenters. The van der Waals surface area contributed by atoms with Crippen LogP contribution in [0.2, 0.25) is 0 Å². The van der Waals surface area contributed by atoms with E-state index in [1.165, 1.54) is 14.2 Å². The lowest BCUT2D eigenvalue weighted by Gasteiger charge is -2.07. The summed E-state index contributed by atoms with van der Waals surface area (Å²) in [6, 6.07) is 0.432. The maximum absolute atomic E-state index is 5.82. The summed E-state index contributed by atoms with van der Waals surface area (Å²) in [4.78, 5) is 11.9. The standard InChI is InChI=1S/C9H15ClN4O2/c1-6(10)4-5-11-7-12-8(15-2)14-9(13-7)16-3/h6H,4-5H2,1-3H3,(H,11,12,13,14). The first-order valence-electron chi connectivity index (χ1n) is 4.87. The minimum atomic E-state index is 0.109. The van der Waals surface area contributed by atoms with Gasteiger partial charge in [-0.2, -0.15) is 9.97 Å². The molecule has 0 bridgehead atoms. The largest absolute Gasteiger partial charge is 0.467 e. The summed E-state index contributed by atoms with van der Waals surface area (Å²) in [5.41, 5.74) is 0. The molecule has 0 fully saturated rings. The summed E-state index contributed by atoms with van der Waals surface area (Å²) < 4.78 is 9.83. The van der Waals surface area contributed by atoms with Crippen LogP contribution in [-0.4, -0.2) is 41.1 Å². The SMILES string of the molecule is COc1nc(NCCC(C)Cl)nc(OC)n1. The molecule has 0 aliphatic carbocycles. The van der Waals surface area contributed by atoms with Gasteiger partial charge in [-0.15, -0.1) is 16.6 Å². The Bertz CT molecular complexity index is 313.